The van der Waals surface area contributed by atoms with Gasteiger partial charge in [0.1, 0.15) is 0 Å². The van der Waals surface area contributed by atoms with Crippen LogP contribution in [0.5, 0.6) is 0 Å². The predicted octanol–water partition coefficient (Wildman–Crippen LogP) is 2.19. The summed E-state index contributed by atoms with van der Waals surface area (Å²) in [6, 6.07) is 5.07. The van der Waals surface area contributed by atoms with Gasteiger partial charge in [-0.1, -0.05) is 17.7 Å². The molecule has 0 amide bonds. The number of halogens is 1. The van der Waals surface area contributed by atoms with E-state index in [1.54, 1.807) is 31.3 Å². The highest BCUT2D eigenvalue weighted by atomic mass is 35.5. The van der Waals surface area contributed by atoms with Gasteiger partial charge in [0.05, 0.1) is 30.7 Å². The Kier molecular flexibility index (Phi) is 4.19. The number of aromatic nitrogens is 2. The second-order valence-electron chi connectivity index (χ2n) is 3.83. The van der Waals surface area contributed by atoms with E-state index in [9.17, 15) is 9.90 Å². The Balaban J connectivity index is 2.37. The van der Waals surface area contributed by atoms with E-state index < -0.39 is 5.97 Å². The monoisotopic (exact) mass is 280 g/mol. The topological polar surface area (TPSA) is 64.3 Å². The largest absolute Gasteiger partial charge is 0.462 e. The normalized spacial score (nSPS) is 10.5. The average Bonchev–Trinajstić information content (AvgIpc) is 2.88. The fraction of sp³-hybridized carbons (Fsp3) is 0.231. The SMILES string of the molecule is CCOC(=O)c1cnn(-c2cc(Cl)ccc2CO)c1. The van der Waals surface area contributed by atoms with Crippen LogP contribution in [-0.2, 0) is 11.3 Å². The van der Waals surface area contributed by atoms with Crippen molar-refractivity contribution in [3.63, 3.8) is 0 Å². The van der Waals surface area contributed by atoms with E-state index in [0.29, 0.717) is 28.4 Å². The Morgan fingerprint density at radius 2 is 2.32 bits per heavy atom. The number of nitrogens with zero attached hydrogens (tertiary/aromatic N) is 2. The summed E-state index contributed by atoms with van der Waals surface area (Å²) in [5.74, 6) is -0.429. The number of carbonyl (C=O) groups is 1. The third-order valence-electron chi connectivity index (χ3n) is 2.56. The van der Waals surface area contributed by atoms with Crippen LogP contribution in [0.1, 0.15) is 22.8 Å². The average molecular weight is 281 g/mol. The molecule has 1 aromatic carbocycles. The molecule has 0 saturated carbocycles. The Labute approximate surface area is 115 Å². The van der Waals surface area contributed by atoms with Gasteiger partial charge in [0.15, 0.2) is 0 Å². The van der Waals surface area contributed by atoms with Gasteiger partial charge in [0, 0.05) is 16.8 Å². The number of ether oxygens (including phenoxy) is 1. The minimum atomic E-state index is -0.429. The molecular weight excluding hydrogens is 268 g/mol. The number of esters is 1. The van der Waals surface area contributed by atoms with Gasteiger partial charge < -0.3 is 9.84 Å². The Morgan fingerprint density at radius 1 is 1.53 bits per heavy atom. The molecule has 19 heavy (non-hydrogen) atoms. The molecule has 0 aliphatic rings. The van der Waals surface area contributed by atoms with Crippen molar-refractivity contribution in [2.75, 3.05) is 6.61 Å². The molecule has 100 valence electrons. The summed E-state index contributed by atoms with van der Waals surface area (Å²) in [4.78, 5) is 11.6. The summed E-state index contributed by atoms with van der Waals surface area (Å²) >= 11 is 5.93. The summed E-state index contributed by atoms with van der Waals surface area (Å²) in [5.41, 5.74) is 1.65. The Morgan fingerprint density at radius 3 is 3.00 bits per heavy atom. The van der Waals surface area contributed by atoms with Gasteiger partial charge in [-0.2, -0.15) is 5.10 Å². The maximum atomic E-state index is 11.6. The van der Waals surface area contributed by atoms with Crippen LogP contribution in [0, 0.1) is 0 Å². The zero-order valence-corrected chi connectivity index (χ0v) is 11.1. The Hall–Kier alpha value is -1.85. The second kappa shape index (κ2) is 5.86. The first-order chi connectivity index (χ1) is 9.15. The van der Waals surface area contributed by atoms with Crippen molar-refractivity contribution in [2.24, 2.45) is 0 Å². The first-order valence-corrected chi connectivity index (χ1v) is 6.15. The fourth-order valence-corrected chi connectivity index (χ4v) is 1.82. The molecule has 2 rings (SSSR count). The zero-order chi connectivity index (χ0) is 13.8. The molecule has 5 nitrogen and oxygen atoms in total. The second-order valence-corrected chi connectivity index (χ2v) is 4.26. The molecule has 0 radical (unpaired) electrons. The van der Waals surface area contributed by atoms with E-state index >= 15 is 0 Å². The van der Waals surface area contributed by atoms with Crippen LogP contribution < -0.4 is 0 Å². The molecule has 6 heteroatoms. The van der Waals surface area contributed by atoms with Crippen molar-refractivity contribution in [1.29, 1.82) is 0 Å². The molecule has 0 saturated heterocycles. The van der Waals surface area contributed by atoms with E-state index in [-0.39, 0.29) is 6.61 Å². The molecule has 1 heterocycles. The molecule has 1 aromatic heterocycles. The number of hydrogen-bond donors (Lipinski definition) is 1. The number of carbonyl (C=O) groups excluding carboxylic acids is 1. The van der Waals surface area contributed by atoms with Crippen molar-refractivity contribution in [1.82, 2.24) is 9.78 Å². The summed E-state index contributed by atoms with van der Waals surface area (Å²) in [6.45, 7) is 1.91. The Bertz CT molecular complexity index is 595. The van der Waals surface area contributed by atoms with E-state index in [1.807, 2.05) is 0 Å². The minimum absolute atomic E-state index is 0.138. The van der Waals surface area contributed by atoms with Crippen molar-refractivity contribution in [3.05, 3.63) is 46.7 Å². The van der Waals surface area contributed by atoms with Gasteiger partial charge in [-0.3, -0.25) is 0 Å². The first kappa shape index (κ1) is 13.6. The summed E-state index contributed by atoms with van der Waals surface area (Å²) in [7, 11) is 0. The number of benzene rings is 1. The van der Waals surface area contributed by atoms with Gasteiger partial charge in [-0.25, -0.2) is 9.48 Å². The zero-order valence-electron chi connectivity index (χ0n) is 10.3. The number of rotatable bonds is 4. The summed E-state index contributed by atoms with van der Waals surface area (Å²) < 4.78 is 6.38. The highest BCUT2D eigenvalue weighted by Crippen LogP contribution is 2.20. The van der Waals surface area contributed by atoms with Crippen LogP contribution >= 0.6 is 11.6 Å². The third-order valence-corrected chi connectivity index (χ3v) is 2.79. The highest BCUT2D eigenvalue weighted by molar-refractivity contribution is 6.30. The molecule has 0 unspecified atom stereocenters. The molecule has 0 bridgehead atoms. The molecular formula is C13H13ClN2O3. The smallest absolute Gasteiger partial charge is 0.341 e. The fourth-order valence-electron chi connectivity index (χ4n) is 1.66. The third kappa shape index (κ3) is 2.94. The minimum Gasteiger partial charge on any atom is -0.462 e. The lowest BCUT2D eigenvalue weighted by Crippen LogP contribution is -2.04. The molecule has 0 aliphatic carbocycles. The van der Waals surface area contributed by atoms with Crippen LogP contribution in [0.15, 0.2) is 30.6 Å². The van der Waals surface area contributed by atoms with Crippen LogP contribution in [0.4, 0.5) is 0 Å². The van der Waals surface area contributed by atoms with Crippen LogP contribution in [0.25, 0.3) is 5.69 Å². The lowest BCUT2D eigenvalue weighted by molar-refractivity contribution is 0.0526. The summed E-state index contributed by atoms with van der Waals surface area (Å²) in [5, 5.41) is 13.9. The van der Waals surface area contributed by atoms with E-state index in [4.69, 9.17) is 16.3 Å². The van der Waals surface area contributed by atoms with Crippen LogP contribution in [0.3, 0.4) is 0 Å². The predicted molar refractivity (Wildman–Crippen MR) is 70.5 cm³/mol. The van der Waals surface area contributed by atoms with Gasteiger partial charge in [0.2, 0.25) is 0 Å². The number of aliphatic hydroxyl groups excluding tert-OH is 1. The standard InChI is InChI=1S/C13H13ClN2O3/c1-2-19-13(18)10-6-15-16(7-10)12-5-11(14)4-3-9(12)8-17/h3-7,17H,2,8H2,1H3. The highest BCUT2D eigenvalue weighted by Gasteiger charge is 2.12. The van der Waals surface area contributed by atoms with E-state index in [2.05, 4.69) is 5.10 Å². The van der Waals surface area contributed by atoms with Gasteiger partial charge in [0.25, 0.3) is 0 Å². The van der Waals surface area contributed by atoms with Gasteiger partial charge in [-0.15, -0.1) is 0 Å². The summed E-state index contributed by atoms with van der Waals surface area (Å²) in [6.07, 6.45) is 2.96. The van der Waals surface area contributed by atoms with Crippen molar-refractivity contribution in [2.45, 2.75) is 13.5 Å². The molecule has 0 fully saturated rings. The molecule has 2 aromatic rings. The van der Waals surface area contributed by atoms with Crippen molar-refractivity contribution >= 4 is 17.6 Å². The first-order valence-electron chi connectivity index (χ1n) is 5.77. The van der Waals surface area contributed by atoms with Crippen LogP contribution in [-0.4, -0.2) is 27.5 Å². The molecule has 0 spiro atoms. The lowest BCUT2D eigenvalue weighted by Gasteiger charge is -2.07. The molecule has 0 aliphatic heterocycles. The molecule has 1 N–H and O–H groups in total. The lowest BCUT2D eigenvalue weighted by atomic mass is 10.2. The van der Waals surface area contributed by atoms with Crippen molar-refractivity contribution in [3.8, 4) is 5.69 Å². The maximum absolute atomic E-state index is 11.6. The van der Waals surface area contributed by atoms with E-state index in [0.717, 1.165) is 0 Å². The van der Waals surface area contributed by atoms with Crippen LogP contribution in [0.2, 0.25) is 5.02 Å². The van der Waals surface area contributed by atoms with Gasteiger partial charge >= 0.3 is 5.97 Å². The van der Waals surface area contributed by atoms with E-state index in [1.165, 1.54) is 10.9 Å². The number of hydrogen-bond acceptors (Lipinski definition) is 4. The number of aliphatic hydroxyl groups is 1. The molecule has 0 atom stereocenters. The maximum Gasteiger partial charge on any atom is 0.341 e. The quantitative estimate of drug-likeness (QED) is 0.872. The van der Waals surface area contributed by atoms with Gasteiger partial charge in [-0.05, 0) is 19.1 Å². The van der Waals surface area contributed by atoms with Crippen molar-refractivity contribution < 1.29 is 14.6 Å².